The van der Waals surface area contributed by atoms with Gasteiger partial charge in [-0.3, -0.25) is 0 Å². The number of nitrogens with two attached hydrogens (primary N) is 1. The molecule has 124 valence electrons. The van der Waals surface area contributed by atoms with Crippen LogP contribution < -0.4 is 11.1 Å². The van der Waals surface area contributed by atoms with E-state index in [0.717, 1.165) is 16.7 Å². The number of thiocarbonyl (C=S) groups is 1. The molecule has 0 aromatic heterocycles. The van der Waals surface area contributed by atoms with Crippen molar-refractivity contribution in [2.24, 2.45) is 5.73 Å². The fraction of sp³-hybridized carbons (Fsp3) is 0.158. The normalized spacial score (nSPS) is 10.5. The van der Waals surface area contributed by atoms with Gasteiger partial charge in [-0.05, 0) is 17.5 Å². The largest absolute Gasteiger partial charge is 0.445 e. The molecule has 0 spiro atoms. The van der Waals surface area contributed by atoms with Gasteiger partial charge in [-0.25, -0.2) is 4.79 Å². The molecule has 0 bridgehead atoms. The van der Waals surface area contributed by atoms with Crippen molar-refractivity contribution in [1.82, 2.24) is 5.32 Å². The lowest BCUT2D eigenvalue weighted by Gasteiger charge is -2.06. The maximum absolute atomic E-state index is 11.6. The fourth-order valence-electron chi connectivity index (χ4n) is 2.11. The second-order valence-electron chi connectivity index (χ2n) is 5.13. The van der Waals surface area contributed by atoms with Crippen LogP contribution in [0.3, 0.4) is 0 Å². The molecular weight excluding hydrogens is 320 g/mol. The smallest absolute Gasteiger partial charge is 0.407 e. The molecule has 0 saturated carbocycles. The van der Waals surface area contributed by atoms with E-state index in [2.05, 4.69) is 5.32 Å². The van der Waals surface area contributed by atoms with Gasteiger partial charge in [0.25, 0.3) is 0 Å². The van der Waals surface area contributed by atoms with Gasteiger partial charge in [0.15, 0.2) is 0 Å². The third-order valence-corrected chi connectivity index (χ3v) is 3.54. The minimum Gasteiger partial charge on any atom is -0.445 e. The molecule has 0 aliphatic rings. The highest BCUT2D eigenvalue weighted by molar-refractivity contribution is 7.80. The van der Waals surface area contributed by atoms with Crippen molar-refractivity contribution in [3.8, 4) is 0 Å². The van der Waals surface area contributed by atoms with E-state index in [1.54, 1.807) is 0 Å². The number of hydrogen-bond acceptors (Lipinski definition) is 3. The Kier molecular flexibility index (Phi) is 6.98. The van der Waals surface area contributed by atoms with Gasteiger partial charge in [0, 0.05) is 12.1 Å². The lowest BCUT2D eigenvalue weighted by molar-refractivity contribution is 0.140. The van der Waals surface area contributed by atoms with E-state index in [4.69, 9.17) is 22.7 Å². The van der Waals surface area contributed by atoms with Crippen LogP contribution in [0.4, 0.5) is 4.79 Å². The van der Waals surface area contributed by atoms with E-state index in [1.165, 1.54) is 0 Å². The van der Waals surface area contributed by atoms with Crippen LogP contribution >= 0.6 is 12.2 Å². The molecule has 4 nitrogen and oxygen atoms in total. The maximum atomic E-state index is 11.6. The Balaban J connectivity index is 1.71. The Labute approximate surface area is 147 Å². The third kappa shape index (κ3) is 5.85. The number of amides is 1. The Morgan fingerprint density at radius 3 is 2.58 bits per heavy atom. The van der Waals surface area contributed by atoms with Gasteiger partial charge in [-0.15, -0.1) is 0 Å². The SMILES string of the molecule is NC(=S)c1ccccc1C=CCCNC(=O)OCc1ccccc1. The first-order chi connectivity index (χ1) is 11.7. The number of nitrogens with one attached hydrogen (secondary N) is 1. The van der Waals surface area contributed by atoms with Crippen LogP contribution in [0.5, 0.6) is 0 Å². The Hall–Kier alpha value is -2.66. The molecule has 0 heterocycles. The number of benzene rings is 2. The van der Waals surface area contributed by atoms with Crippen molar-refractivity contribution >= 4 is 29.4 Å². The van der Waals surface area contributed by atoms with Gasteiger partial charge in [0.1, 0.15) is 11.6 Å². The van der Waals surface area contributed by atoms with Gasteiger partial charge in [-0.2, -0.15) is 0 Å². The second-order valence-corrected chi connectivity index (χ2v) is 5.57. The van der Waals surface area contributed by atoms with E-state index >= 15 is 0 Å². The average molecular weight is 340 g/mol. The van der Waals surface area contributed by atoms with Gasteiger partial charge < -0.3 is 15.8 Å². The molecule has 3 N–H and O–H groups in total. The Bertz CT molecular complexity index is 714. The van der Waals surface area contributed by atoms with Crippen LogP contribution in [0, 0.1) is 0 Å². The first-order valence-electron chi connectivity index (χ1n) is 7.67. The number of alkyl carbamates (subject to hydrolysis) is 1. The zero-order valence-electron chi connectivity index (χ0n) is 13.3. The van der Waals surface area contributed by atoms with Crippen molar-refractivity contribution < 1.29 is 9.53 Å². The summed E-state index contributed by atoms with van der Waals surface area (Å²) in [5, 5.41) is 2.71. The summed E-state index contributed by atoms with van der Waals surface area (Å²) in [5.74, 6) is 0. The second kappa shape index (κ2) is 9.47. The van der Waals surface area contributed by atoms with Gasteiger partial charge >= 0.3 is 6.09 Å². The van der Waals surface area contributed by atoms with Crippen LogP contribution in [0.25, 0.3) is 6.08 Å². The van der Waals surface area contributed by atoms with Crippen LogP contribution in [0.1, 0.15) is 23.1 Å². The highest BCUT2D eigenvalue weighted by Gasteiger charge is 2.02. The molecule has 24 heavy (non-hydrogen) atoms. The topological polar surface area (TPSA) is 64.3 Å². The minimum atomic E-state index is -0.421. The summed E-state index contributed by atoms with van der Waals surface area (Å²) in [5.41, 5.74) is 8.47. The number of carbonyl (C=O) groups is 1. The number of hydrogen-bond donors (Lipinski definition) is 2. The van der Waals surface area contributed by atoms with E-state index in [-0.39, 0.29) is 6.61 Å². The lowest BCUT2D eigenvalue weighted by Crippen LogP contribution is -2.24. The summed E-state index contributed by atoms with van der Waals surface area (Å²) in [6, 6.07) is 17.2. The summed E-state index contributed by atoms with van der Waals surface area (Å²) in [4.78, 5) is 12.0. The van der Waals surface area contributed by atoms with E-state index in [0.29, 0.717) is 18.0 Å². The molecule has 0 aliphatic heterocycles. The molecule has 2 aromatic carbocycles. The van der Waals surface area contributed by atoms with Crippen molar-refractivity contribution in [3.63, 3.8) is 0 Å². The molecule has 0 fully saturated rings. The summed E-state index contributed by atoms with van der Waals surface area (Å²) < 4.78 is 5.14. The highest BCUT2D eigenvalue weighted by atomic mass is 32.1. The minimum absolute atomic E-state index is 0.268. The number of carbonyl (C=O) groups excluding carboxylic acids is 1. The third-order valence-electron chi connectivity index (χ3n) is 3.32. The van der Waals surface area contributed by atoms with Crippen LogP contribution in [-0.2, 0) is 11.3 Å². The average Bonchev–Trinajstić information content (AvgIpc) is 2.61. The fourth-order valence-corrected chi connectivity index (χ4v) is 2.29. The highest BCUT2D eigenvalue weighted by Crippen LogP contribution is 2.10. The molecule has 0 saturated heterocycles. The maximum Gasteiger partial charge on any atom is 0.407 e. The van der Waals surface area contributed by atoms with Gasteiger partial charge in [-0.1, -0.05) is 79.0 Å². The van der Waals surface area contributed by atoms with Crippen LogP contribution in [0.2, 0.25) is 0 Å². The molecular formula is C19H20N2O2S. The molecule has 0 atom stereocenters. The molecule has 0 aliphatic carbocycles. The van der Waals surface area contributed by atoms with Crippen LogP contribution in [-0.4, -0.2) is 17.6 Å². The molecule has 2 aromatic rings. The lowest BCUT2D eigenvalue weighted by atomic mass is 10.1. The predicted octanol–water partition coefficient (Wildman–Crippen LogP) is 3.65. The predicted molar refractivity (Wildman–Crippen MR) is 101 cm³/mol. The first-order valence-corrected chi connectivity index (χ1v) is 8.07. The van der Waals surface area contributed by atoms with Crippen molar-refractivity contribution in [3.05, 3.63) is 77.4 Å². The van der Waals surface area contributed by atoms with Gasteiger partial charge in [0.05, 0.1) is 0 Å². The van der Waals surface area contributed by atoms with E-state index < -0.39 is 6.09 Å². The number of rotatable bonds is 7. The molecule has 5 heteroatoms. The first kappa shape index (κ1) is 17.7. The summed E-state index contributed by atoms with van der Waals surface area (Å²) in [7, 11) is 0. The standard InChI is InChI=1S/C19H20N2O2S/c20-18(24)17-12-5-4-10-16(17)11-6-7-13-21-19(22)23-14-15-8-2-1-3-9-15/h1-6,8-12H,7,13-14H2,(H2,20,24)(H,21,22). The summed E-state index contributed by atoms with van der Waals surface area (Å²) in [6.07, 6.45) is 4.18. The molecule has 1 amide bonds. The van der Waals surface area contributed by atoms with Crippen molar-refractivity contribution in [1.29, 1.82) is 0 Å². The summed E-state index contributed by atoms with van der Waals surface area (Å²) in [6.45, 7) is 0.767. The zero-order valence-corrected chi connectivity index (χ0v) is 14.1. The van der Waals surface area contributed by atoms with Crippen molar-refractivity contribution in [2.75, 3.05) is 6.54 Å². The molecule has 0 radical (unpaired) electrons. The van der Waals surface area contributed by atoms with Gasteiger partial charge in [0.2, 0.25) is 0 Å². The van der Waals surface area contributed by atoms with Crippen LogP contribution in [0.15, 0.2) is 60.7 Å². The Morgan fingerprint density at radius 2 is 1.83 bits per heavy atom. The number of ether oxygens (including phenoxy) is 1. The molecule has 2 rings (SSSR count). The van der Waals surface area contributed by atoms with E-state index in [9.17, 15) is 4.79 Å². The van der Waals surface area contributed by atoms with E-state index in [1.807, 2.05) is 66.7 Å². The monoisotopic (exact) mass is 340 g/mol. The van der Waals surface area contributed by atoms with Crippen molar-refractivity contribution in [2.45, 2.75) is 13.0 Å². The Morgan fingerprint density at radius 1 is 1.12 bits per heavy atom. The summed E-state index contributed by atoms with van der Waals surface area (Å²) >= 11 is 5.03. The zero-order chi connectivity index (χ0) is 17.2. The molecule has 0 unspecified atom stereocenters. The quantitative estimate of drug-likeness (QED) is 0.596.